The van der Waals surface area contributed by atoms with Crippen molar-refractivity contribution >= 4 is 28.5 Å². The van der Waals surface area contributed by atoms with Crippen molar-refractivity contribution in [2.24, 2.45) is 0 Å². The fourth-order valence-corrected chi connectivity index (χ4v) is 2.54. The van der Waals surface area contributed by atoms with E-state index in [1.54, 1.807) is 0 Å². The Morgan fingerprint density at radius 3 is 2.78 bits per heavy atom. The van der Waals surface area contributed by atoms with Gasteiger partial charge in [-0.3, -0.25) is 0 Å². The monoisotopic (exact) mass is 340 g/mol. The van der Waals surface area contributed by atoms with E-state index in [4.69, 9.17) is 11.6 Å². The Morgan fingerprint density at radius 2 is 2.04 bits per heavy atom. The molecule has 0 spiro atoms. The lowest BCUT2D eigenvalue weighted by Crippen LogP contribution is -2.07. The Bertz CT molecular complexity index is 858. The predicted octanol–water partition coefficient (Wildman–Crippen LogP) is 4.55. The smallest absolute Gasteiger partial charge is 0.365 e. The Hall–Kier alpha value is -2.28. The van der Waals surface area contributed by atoms with Gasteiger partial charge in [-0.25, -0.2) is 9.97 Å². The summed E-state index contributed by atoms with van der Waals surface area (Å²) in [6, 6.07) is 5.51. The molecule has 0 saturated heterocycles. The number of aromatic amines is 1. The van der Waals surface area contributed by atoms with Gasteiger partial charge in [0.15, 0.2) is 0 Å². The summed E-state index contributed by atoms with van der Waals surface area (Å²) in [6.07, 6.45) is -2.39. The van der Waals surface area contributed by atoms with E-state index in [0.29, 0.717) is 5.02 Å². The number of aromatic nitrogens is 3. The van der Waals surface area contributed by atoms with E-state index in [1.807, 2.05) is 25.1 Å². The maximum atomic E-state index is 13.1. The van der Waals surface area contributed by atoms with E-state index in [0.717, 1.165) is 17.3 Å². The van der Waals surface area contributed by atoms with Crippen LogP contribution >= 0.6 is 11.6 Å². The van der Waals surface area contributed by atoms with Crippen LogP contribution in [0.2, 0.25) is 5.02 Å². The first-order valence-electron chi connectivity index (χ1n) is 6.75. The minimum Gasteiger partial charge on any atom is -0.365 e. The number of halogens is 4. The molecule has 1 aromatic carbocycles. The average Bonchev–Trinajstić information content (AvgIpc) is 2.93. The molecule has 0 amide bonds. The van der Waals surface area contributed by atoms with Gasteiger partial charge in [-0.15, -0.1) is 0 Å². The van der Waals surface area contributed by atoms with Crippen LogP contribution < -0.4 is 5.32 Å². The third kappa shape index (κ3) is 2.96. The first-order valence-corrected chi connectivity index (χ1v) is 7.13. The topological polar surface area (TPSA) is 53.6 Å². The zero-order valence-electron chi connectivity index (χ0n) is 12.0. The van der Waals surface area contributed by atoms with Crippen LogP contribution in [-0.2, 0) is 12.7 Å². The van der Waals surface area contributed by atoms with E-state index in [1.165, 1.54) is 6.33 Å². The molecule has 0 fully saturated rings. The molecule has 8 heteroatoms. The number of hydrogen-bond acceptors (Lipinski definition) is 3. The quantitative estimate of drug-likeness (QED) is 0.735. The molecule has 0 unspecified atom stereocenters. The van der Waals surface area contributed by atoms with Gasteiger partial charge in [0.05, 0.1) is 10.9 Å². The van der Waals surface area contributed by atoms with Crippen molar-refractivity contribution in [3.05, 3.63) is 52.4 Å². The van der Waals surface area contributed by atoms with Crippen LogP contribution in [0, 0.1) is 6.92 Å². The van der Waals surface area contributed by atoms with Gasteiger partial charge >= 0.3 is 6.18 Å². The number of benzene rings is 1. The molecular weight excluding hydrogens is 329 g/mol. The largest absolute Gasteiger partial charge is 0.418 e. The van der Waals surface area contributed by atoms with Crippen molar-refractivity contribution in [3.63, 3.8) is 0 Å². The number of aryl methyl sites for hydroxylation is 1. The van der Waals surface area contributed by atoms with Gasteiger partial charge < -0.3 is 10.3 Å². The zero-order valence-corrected chi connectivity index (χ0v) is 12.8. The minimum atomic E-state index is -4.49. The van der Waals surface area contributed by atoms with Gasteiger partial charge in [0, 0.05) is 17.8 Å². The van der Waals surface area contributed by atoms with E-state index in [-0.39, 0.29) is 23.4 Å². The summed E-state index contributed by atoms with van der Waals surface area (Å²) in [5.74, 6) is 0.112. The number of H-pyrrole nitrogens is 1. The summed E-state index contributed by atoms with van der Waals surface area (Å²) in [5, 5.41) is 3.41. The van der Waals surface area contributed by atoms with Crippen molar-refractivity contribution < 1.29 is 13.2 Å². The molecule has 23 heavy (non-hydrogen) atoms. The SMILES string of the molecule is Cc1cccc(CNc2ncnc3[nH]cc(C(F)(F)F)c23)c1Cl. The minimum absolute atomic E-state index is 0.0798. The Morgan fingerprint density at radius 1 is 1.26 bits per heavy atom. The standard InChI is InChI=1S/C15H12ClF3N4/c1-8-3-2-4-9(12(8)16)5-20-13-11-10(15(17,18)19)6-21-14(11)23-7-22-13/h2-4,6-7H,5H2,1H3,(H2,20,21,22,23). The Balaban J connectivity index is 1.97. The molecular formula is C15H12ClF3N4. The number of nitrogens with zero attached hydrogens (tertiary/aromatic N) is 2. The van der Waals surface area contributed by atoms with Gasteiger partial charge in [0.2, 0.25) is 0 Å². The van der Waals surface area contributed by atoms with Crippen LogP contribution in [-0.4, -0.2) is 15.0 Å². The van der Waals surface area contributed by atoms with Crippen LogP contribution in [0.3, 0.4) is 0 Å². The Labute approximate surface area is 134 Å². The van der Waals surface area contributed by atoms with Crippen LogP contribution in [0.4, 0.5) is 19.0 Å². The number of hydrogen-bond donors (Lipinski definition) is 2. The molecule has 2 aromatic heterocycles. The molecule has 0 radical (unpaired) electrons. The van der Waals surface area contributed by atoms with Crippen LogP contribution in [0.1, 0.15) is 16.7 Å². The number of nitrogens with one attached hydrogen (secondary N) is 2. The molecule has 2 heterocycles. The average molecular weight is 341 g/mol. The lowest BCUT2D eigenvalue weighted by molar-refractivity contribution is -0.136. The zero-order chi connectivity index (χ0) is 16.6. The molecule has 0 aliphatic rings. The van der Waals surface area contributed by atoms with Crippen molar-refractivity contribution in [2.45, 2.75) is 19.6 Å². The maximum Gasteiger partial charge on any atom is 0.418 e. The fraction of sp³-hybridized carbons (Fsp3) is 0.200. The highest BCUT2D eigenvalue weighted by molar-refractivity contribution is 6.32. The fourth-order valence-electron chi connectivity index (χ4n) is 2.34. The van der Waals surface area contributed by atoms with Gasteiger partial charge in [-0.2, -0.15) is 13.2 Å². The number of alkyl halides is 3. The highest BCUT2D eigenvalue weighted by Gasteiger charge is 2.35. The summed E-state index contributed by atoms with van der Waals surface area (Å²) in [6.45, 7) is 2.12. The molecule has 0 atom stereocenters. The lowest BCUT2D eigenvalue weighted by Gasteiger charge is -2.11. The number of fused-ring (bicyclic) bond motifs is 1. The molecule has 3 rings (SSSR count). The third-order valence-corrected chi connectivity index (χ3v) is 4.03. The summed E-state index contributed by atoms with van der Waals surface area (Å²) in [4.78, 5) is 10.3. The molecule has 0 bridgehead atoms. The van der Waals surface area contributed by atoms with Gasteiger partial charge in [-0.05, 0) is 18.1 Å². The van der Waals surface area contributed by atoms with Crippen LogP contribution in [0.5, 0.6) is 0 Å². The maximum absolute atomic E-state index is 13.1. The molecule has 0 aliphatic heterocycles. The predicted molar refractivity (Wildman–Crippen MR) is 82.4 cm³/mol. The van der Waals surface area contributed by atoms with Gasteiger partial charge in [-0.1, -0.05) is 29.8 Å². The Kier molecular flexibility index (Phi) is 3.89. The van der Waals surface area contributed by atoms with Crippen LogP contribution in [0.15, 0.2) is 30.7 Å². The van der Waals surface area contributed by atoms with Crippen molar-refractivity contribution in [1.82, 2.24) is 15.0 Å². The van der Waals surface area contributed by atoms with E-state index in [2.05, 4.69) is 20.3 Å². The second kappa shape index (κ2) is 5.73. The second-order valence-corrected chi connectivity index (χ2v) is 5.43. The molecule has 0 saturated carbocycles. The molecule has 0 aliphatic carbocycles. The van der Waals surface area contributed by atoms with Crippen molar-refractivity contribution in [3.8, 4) is 0 Å². The van der Waals surface area contributed by atoms with E-state index < -0.39 is 11.7 Å². The van der Waals surface area contributed by atoms with Gasteiger partial charge in [0.1, 0.15) is 17.8 Å². The van der Waals surface area contributed by atoms with Crippen molar-refractivity contribution in [2.75, 3.05) is 5.32 Å². The molecule has 4 nitrogen and oxygen atoms in total. The summed E-state index contributed by atoms with van der Waals surface area (Å²) in [5.41, 5.74) is 1.01. The molecule has 3 aromatic rings. The van der Waals surface area contributed by atoms with E-state index in [9.17, 15) is 13.2 Å². The molecule has 120 valence electrons. The summed E-state index contributed by atoms with van der Waals surface area (Å²) < 4.78 is 39.3. The van der Waals surface area contributed by atoms with Crippen molar-refractivity contribution in [1.29, 1.82) is 0 Å². The van der Waals surface area contributed by atoms with Crippen LogP contribution in [0.25, 0.3) is 11.0 Å². The van der Waals surface area contributed by atoms with E-state index >= 15 is 0 Å². The highest BCUT2D eigenvalue weighted by atomic mass is 35.5. The number of anilines is 1. The van der Waals surface area contributed by atoms with Gasteiger partial charge in [0.25, 0.3) is 0 Å². The summed E-state index contributed by atoms with van der Waals surface area (Å²) >= 11 is 6.20. The first-order chi connectivity index (χ1) is 10.9. The number of rotatable bonds is 3. The first kappa shape index (κ1) is 15.6. The second-order valence-electron chi connectivity index (χ2n) is 5.05. The lowest BCUT2D eigenvalue weighted by atomic mass is 10.1. The normalized spacial score (nSPS) is 11.9. The third-order valence-electron chi connectivity index (χ3n) is 3.49. The summed E-state index contributed by atoms with van der Waals surface area (Å²) in [7, 11) is 0. The molecule has 2 N–H and O–H groups in total. The highest BCUT2D eigenvalue weighted by Crippen LogP contribution is 2.37.